The number of amides is 1. The molecule has 7 nitrogen and oxygen atoms in total. The van der Waals surface area contributed by atoms with E-state index in [0.29, 0.717) is 17.3 Å². The quantitative estimate of drug-likeness (QED) is 0.732. The van der Waals surface area contributed by atoms with Crippen molar-refractivity contribution in [2.45, 2.75) is 11.8 Å². The van der Waals surface area contributed by atoms with Gasteiger partial charge in [-0.3, -0.25) is 14.4 Å². The first-order chi connectivity index (χ1) is 13.3. The molecule has 1 N–H and O–H groups in total. The van der Waals surface area contributed by atoms with Crippen LogP contribution in [0.5, 0.6) is 11.5 Å². The number of aryl methyl sites for hydroxylation is 1. The number of ether oxygens (including phenoxy) is 1. The SMILES string of the molecule is Cc1ccc(NS(=O)(=O)c2ccc3c(c2)C(=O)N(C)c2ncccc2O3)cc1. The maximum absolute atomic E-state index is 12.9. The summed E-state index contributed by atoms with van der Waals surface area (Å²) in [5.41, 5.74) is 1.61. The maximum atomic E-state index is 12.9. The minimum atomic E-state index is -3.87. The summed E-state index contributed by atoms with van der Waals surface area (Å²) in [7, 11) is -2.30. The average Bonchev–Trinajstić information content (AvgIpc) is 2.79. The van der Waals surface area contributed by atoms with Gasteiger partial charge < -0.3 is 4.74 Å². The van der Waals surface area contributed by atoms with Gasteiger partial charge in [-0.2, -0.15) is 0 Å². The maximum Gasteiger partial charge on any atom is 0.263 e. The van der Waals surface area contributed by atoms with Crippen LogP contribution < -0.4 is 14.4 Å². The molecule has 0 saturated heterocycles. The van der Waals surface area contributed by atoms with Crippen molar-refractivity contribution in [3.8, 4) is 11.5 Å². The van der Waals surface area contributed by atoms with Crippen molar-refractivity contribution in [3.05, 3.63) is 71.9 Å². The molecule has 0 atom stereocenters. The second kappa shape index (κ2) is 6.65. The van der Waals surface area contributed by atoms with Crippen LogP contribution in [0.4, 0.5) is 11.5 Å². The lowest BCUT2D eigenvalue weighted by Crippen LogP contribution is -2.26. The summed E-state index contributed by atoms with van der Waals surface area (Å²) >= 11 is 0. The van der Waals surface area contributed by atoms with Crippen molar-refractivity contribution in [2.75, 3.05) is 16.7 Å². The van der Waals surface area contributed by atoms with Crippen LogP contribution in [0.3, 0.4) is 0 Å². The number of pyridine rings is 1. The lowest BCUT2D eigenvalue weighted by molar-refractivity contribution is 0.0992. The molecule has 1 aliphatic rings. The number of hydrogen-bond donors (Lipinski definition) is 1. The fraction of sp³-hybridized carbons (Fsp3) is 0.100. The molecule has 8 heteroatoms. The summed E-state index contributed by atoms with van der Waals surface area (Å²) in [4.78, 5) is 18.3. The molecule has 0 saturated carbocycles. The highest BCUT2D eigenvalue weighted by atomic mass is 32.2. The van der Waals surface area contributed by atoms with Gasteiger partial charge in [0.05, 0.1) is 10.5 Å². The highest BCUT2D eigenvalue weighted by Gasteiger charge is 2.28. The Kier molecular flexibility index (Phi) is 4.27. The van der Waals surface area contributed by atoms with Crippen LogP contribution in [0, 0.1) is 6.92 Å². The molecule has 0 aliphatic carbocycles. The summed E-state index contributed by atoms with van der Waals surface area (Å²) in [5, 5.41) is 0. The molecule has 142 valence electrons. The number of carbonyl (C=O) groups excluding carboxylic acids is 1. The van der Waals surface area contributed by atoms with E-state index in [0.717, 1.165) is 5.56 Å². The van der Waals surface area contributed by atoms with E-state index in [4.69, 9.17) is 4.74 Å². The van der Waals surface area contributed by atoms with Gasteiger partial charge in [0.15, 0.2) is 11.6 Å². The van der Waals surface area contributed by atoms with Gasteiger partial charge in [-0.15, -0.1) is 0 Å². The molecule has 2 heterocycles. The van der Waals surface area contributed by atoms with E-state index in [1.807, 2.05) is 19.1 Å². The van der Waals surface area contributed by atoms with E-state index in [-0.39, 0.29) is 16.2 Å². The molecule has 0 unspecified atom stereocenters. The lowest BCUT2D eigenvalue weighted by atomic mass is 10.2. The first-order valence-corrected chi connectivity index (χ1v) is 9.98. The molecular weight excluding hydrogens is 378 g/mol. The van der Waals surface area contributed by atoms with Gasteiger partial charge in [0.25, 0.3) is 15.9 Å². The van der Waals surface area contributed by atoms with E-state index < -0.39 is 15.9 Å². The van der Waals surface area contributed by atoms with Crippen LogP contribution in [-0.4, -0.2) is 26.4 Å². The standard InChI is InChI=1S/C20H17N3O4S/c1-13-5-7-14(8-6-13)22-28(25,26)15-9-10-17-16(12-15)20(24)23(2)19-18(27-17)4-3-11-21-19/h3-12,22H,1-2H3. The Morgan fingerprint density at radius 2 is 1.79 bits per heavy atom. The molecule has 1 amide bonds. The normalized spacial score (nSPS) is 13.2. The third kappa shape index (κ3) is 3.18. The Balaban J connectivity index is 1.73. The van der Waals surface area contributed by atoms with E-state index >= 15 is 0 Å². The summed E-state index contributed by atoms with van der Waals surface area (Å²) < 4.78 is 33.9. The molecule has 1 aliphatic heterocycles. The average molecular weight is 395 g/mol. The van der Waals surface area contributed by atoms with Crippen LogP contribution in [-0.2, 0) is 10.0 Å². The zero-order chi connectivity index (χ0) is 19.9. The molecule has 0 radical (unpaired) electrons. The van der Waals surface area contributed by atoms with Crippen molar-refractivity contribution in [1.29, 1.82) is 0 Å². The molecule has 2 aromatic carbocycles. The van der Waals surface area contributed by atoms with Crippen LogP contribution >= 0.6 is 0 Å². The second-order valence-electron chi connectivity index (χ2n) is 6.42. The number of fused-ring (bicyclic) bond motifs is 2. The van der Waals surface area contributed by atoms with Crippen molar-refractivity contribution in [1.82, 2.24) is 4.98 Å². The number of nitrogens with one attached hydrogen (secondary N) is 1. The number of carbonyl (C=O) groups is 1. The van der Waals surface area contributed by atoms with Gasteiger partial charge in [-0.05, 0) is 49.4 Å². The lowest BCUT2D eigenvalue weighted by Gasteiger charge is -2.14. The molecule has 1 aromatic heterocycles. The molecule has 0 bridgehead atoms. The number of hydrogen-bond acceptors (Lipinski definition) is 5. The third-order valence-electron chi connectivity index (χ3n) is 4.39. The van der Waals surface area contributed by atoms with Crippen molar-refractivity contribution in [3.63, 3.8) is 0 Å². The number of rotatable bonds is 3. The Hall–Kier alpha value is -3.39. The van der Waals surface area contributed by atoms with Gasteiger partial charge >= 0.3 is 0 Å². The van der Waals surface area contributed by atoms with Crippen LogP contribution in [0.25, 0.3) is 0 Å². The fourth-order valence-corrected chi connectivity index (χ4v) is 3.96. The van der Waals surface area contributed by atoms with Crippen LogP contribution in [0.2, 0.25) is 0 Å². The second-order valence-corrected chi connectivity index (χ2v) is 8.10. The van der Waals surface area contributed by atoms with Crippen molar-refractivity contribution >= 4 is 27.4 Å². The Labute approximate surface area is 162 Å². The minimum absolute atomic E-state index is 0.0314. The zero-order valence-electron chi connectivity index (χ0n) is 15.2. The van der Waals surface area contributed by atoms with E-state index in [1.165, 1.54) is 23.1 Å². The highest BCUT2D eigenvalue weighted by Crippen LogP contribution is 2.37. The fourth-order valence-electron chi connectivity index (χ4n) is 2.88. The predicted molar refractivity (Wildman–Crippen MR) is 105 cm³/mol. The summed E-state index contributed by atoms with van der Waals surface area (Å²) in [6.07, 6.45) is 1.56. The molecule has 28 heavy (non-hydrogen) atoms. The number of nitrogens with zero attached hydrogens (tertiary/aromatic N) is 2. The van der Waals surface area contributed by atoms with E-state index in [2.05, 4.69) is 9.71 Å². The van der Waals surface area contributed by atoms with Crippen LogP contribution in [0.15, 0.2) is 65.7 Å². The van der Waals surface area contributed by atoms with Gasteiger partial charge in [0, 0.05) is 18.9 Å². The number of anilines is 2. The van der Waals surface area contributed by atoms with E-state index in [9.17, 15) is 13.2 Å². The van der Waals surface area contributed by atoms with Gasteiger partial charge in [0.1, 0.15) is 5.75 Å². The third-order valence-corrected chi connectivity index (χ3v) is 5.77. The Morgan fingerprint density at radius 3 is 2.54 bits per heavy atom. The minimum Gasteiger partial charge on any atom is -0.453 e. The molecule has 0 fully saturated rings. The zero-order valence-corrected chi connectivity index (χ0v) is 16.0. The van der Waals surface area contributed by atoms with Crippen LogP contribution in [0.1, 0.15) is 15.9 Å². The number of sulfonamides is 1. The topological polar surface area (TPSA) is 88.6 Å². The van der Waals surface area contributed by atoms with Gasteiger partial charge in [0.2, 0.25) is 0 Å². The Morgan fingerprint density at radius 1 is 1.04 bits per heavy atom. The number of benzene rings is 2. The van der Waals surface area contributed by atoms with Gasteiger partial charge in [-0.1, -0.05) is 17.7 Å². The van der Waals surface area contributed by atoms with Crippen molar-refractivity contribution < 1.29 is 17.9 Å². The first kappa shape index (κ1) is 18.0. The predicted octanol–water partition coefficient (Wildman–Crippen LogP) is 3.57. The monoisotopic (exact) mass is 395 g/mol. The molecule has 4 rings (SSSR count). The largest absolute Gasteiger partial charge is 0.453 e. The van der Waals surface area contributed by atoms with E-state index in [1.54, 1.807) is 37.5 Å². The highest BCUT2D eigenvalue weighted by molar-refractivity contribution is 7.92. The summed E-state index contributed by atoms with van der Waals surface area (Å²) in [6.45, 7) is 1.92. The molecule has 0 spiro atoms. The molecule has 3 aromatic rings. The van der Waals surface area contributed by atoms with Gasteiger partial charge in [-0.25, -0.2) is 13.4 Å². The van der Waals surface area contributed by atoms with Crippen molar-refractivity contribution in [2.24, 2.45) is 0 Å². The first-order valence-electron chi connectivity index (χ1n) is 8.49. The number of aromatic nitrogens is 1. The smallest absolute Gasteiger partial charge is 0.263 e. The molecular formula is C20H17N3O4S. The summed E-state index contributed by atoms with van der Waals surface area (Å²) in [5.74, 6) is 0.661. The Bertz CT molecular complexity index is 1170. The summed E-state index contributed by atoms with van der Waals surface area (Å²) in [6, 6.07) is 14.6.